The lowest BCUT2D eigenvalue weighted by Crippen LogP contribution is -2.48. The first-order chi connectivity index (χ1) is 7.75. The summed E-state index contributed by atoms with van der Waals surface area (Å²) in [7, 11) is 0. The minimum Gasteiger partial charge on any atom is -0.349 e. The molecule has 16 heavy (non-hydrogen) atoms. The molecular weight excluding hydrogens is 204 g/mol. The summed E-state index contributed by atoms with van der Waals surface area (Å²) in [6, 6.07) is 1.82. The molecule has 0 saturated carbocycles. The predicted octanol–water partition coefficient (Wildman–Crippen LogP) is 0.414. The minimum absolute atomic E-state index is 0.0355. The molecule has 2 unspecified atom stereocenters. The van der Waals surface area contributed by atoms with Crippen LogP contribution in [0.1, 0.15) is 25.5 Å². The molecule has 2 rings (SSSR count). The number of hydrogen-bond acceptors (Lipinski definition) is 3. The Bertz CT molecular complexity index is 336. The molecule has 1 fully saturated rings. The van der Waals surface area contributed by atoms with Gasteiger partial charge in [0.2, 0.25) is 5.91 Å². The Kier molecular flexibility index (Phi) is 3.56. The molecule has 0 aliphatic carbocycles. The molecule has 1 aliphatic rings. The number of carbonyl (C=O) groups is 1. The van der Waals surface area contributed by atoms with Crippen molar-refractivity contribution in [3.8, 4) is 0 Å². The van der Waals surface area contributed by atoms with Crippen molar-refractivity contribution in [2.24, 2.45) is 5.92 Å². The van der Waals surface area contributed by atoms with Gasteiger partial charge in [0, 0.05) is 6.20 Å². The zero-order valence-corrected chi connectivity index (χ0v) is 9.49. The van der Waals surface area contributed by atoms with Crippen LogP contribution in [-0.4, -0.2) is 28.7 Å². The lowest BCUT2D eigenvalue weighted by Gasteiger charge is -2.27. The molecule has 0 radical (unpaired) electrons. The fourth-order valence-corrected chi connectivity index (χ4v) is 2.00. The zero-order chi connectivity index (χ0) is 11.4. The summed E-state index contributed by atoms with van der Waals surface area (Å²) in [6.07, 6.45) is 3.77. The number of carbonyl (C=O) groups excluding carboxylic acids is 1. The monoisotopic (exact) mass is 222 g/mol. The van der Waals surface area contributed by atoms with Crippen molar-refractivity contribution < 1.29 is 4.79 Å². The summed E-state index contributed by atoms with van der Waals surface area (Å²) in [4.78, 5) is 11.8. The molecule has 5 nitrogen and oxygen atoms in total. The van der Waals surface area contributed by atoms with E-state index in [-0.39, 0.29) is 11.9 Å². The van der Waals surface area contributed by atoms with Crippen LogP contribution < -0.4 is 10.6 Å². The fourth-order valence-electron chi connectivity index (χ4n) is 2.00. The van der Waals surface area contributed by atoms with E-state index in [0.29, 0.717) is 12.5 Å². The molecule has 1 aromatic heterocycles. The highest BCUT2D eigenvalue weighted by molar-refractivity contribution is 5.81. The largest absolute Gasteiger partial charge is 0.349 e. The van der Waals surface area contributed by atoms with E-state index in [1.54, 1.807) is 6.20 Å². The average Bonchev–Trinajstić information content (AvgIpc) is 2.78. The summed E-state index contributed by atoms with van der Waals surface area (Å²) in [6.45, 7) is 3.64. The maximum atomic E-state index is 11.8. The number of aromatic nitrogens is 2. The van der Waals surface area contributed by atoms with Gasteiger partial charge in [0.05, 0.1) is 18.3 Å². The Balaban J connectivity index is 1.79. The van der Waals surface area contributed by atoms with E-state index in [0.717, 1.165) is 25.1 Å². The first-order valence-electron chi connectivity index (χ1n) is 5.75. The van der Waals surface area contributed by atoms with Gasteiger partial charge in [0.1, 0.15) is 0 Å². The Morgan fingerprint density at radius 3 is 3.25 bits per heavy atom. The van der Waals surface area contributed by atoms with Crippen molar-refractivity contribution in [3.05, 3.63) is 18.0 Å². The first-order valence-corrected chi connectivity index (χ1v) is 5.75. The van der Waals surface area contributed by atoms with Gasteiger partial charge in [-0.25, -0.2) is 0 Å². The summed E-state index contributed by atoms with van der Waals surface area (Å²) in [5.41, 5.74) is 0.928. The number of amides is 1. The van der Waals surface area contributed by atoms with Gasteiger partial charge < -0.3 is 10.6 Å². The van der Waals surface area contributed by atoms with Gasteiger partial charge in [-0.2, -0.15) is 5.10 Å². The molecule has 0 aromatic carbocycles. The van der Waals surface area contributed by atoms with Gasteiger partial charge in [0.25, 0.3) is 0 Å². The second-order valence-electron chi connectivity index (χ2n) is 4.44. The highest BCUT2D eigenvalue weighted by atomic mass is 16.2. The van der Waals surface area contributed by atoms with Crippen molar-refractivity contribution in [3.63, 3.8) is 0 Å². The molecule has 2 atom stereocenters. The van der Waals surface area contributed by atoms with Crippen LogP contribution in [-0.2, 0) is 11.3 Å². The number of nitrogens with one attached hydrogen (secondary N) is 3. The molecular formula is C11H18N4O. The van der Waals surface area contributed by atoms with Crippen molar-refractivity contribution in [1.29, 1.82) is 0 Å². The van der Waals surface area contributed by atoms with Crippen LogP contribution in [0.2, 0.25) is 0 Å². The standard InChI is InChI=1S/C11H18N4O/c1-8-2-4-12-10(6-8)11(16)13-7-9-3-5-14-15-9/h3,5,8,10,12H,2,4,6-7H2,1H3,(H,13,16)(H,14,15). The third-order valence-corrected chi connectivity index (χ3v) is 2.99. The SMILES string of the molecule is CC1CCNC(C(=O)NCc2ccn[nH]2)C1. The molecule has 3 N–H and O–H groups in total. The summed E-state index contributed by atoms with van der Waals surface area (Å²) >= 11 is 0. The zero-order valence-electron chi connectivity index (χ0n) is 9.49. The Hall–Kier alpha value is -1.36. The molecule has 1 aromatic rings. The smallest absolute Gasteiger partial charge is 0.237 e. The van der Waals surface area contributed by atoms with Gasteiger partial charge in [-0.05, 0) is 31.4 Å². The molecule has 0 spiro atoms. The molecule has 0 bridgehead atoms. The van der Waals surface area contributed by atoms with E-state index in [2.05, 4.69) is 27.8 Å². The van der Waals surface area contributed by atoms with Crippen molar-refractivity contribution in [2.45, 2.75) is 32.4 Å². The Morgan fingerprint density at radius 1 is 1.69 bits per heavy atom. The van der Waals surface area contributed by atoms with E-state index in [9.17, 15) is 4.79 Å². The molecule has 5 heteroatoms. The third kappa shape index (κ3) is 2.82. The van der Waals surface area contributed by atoms with Crippen molar-refractivity contribution >= 4 is 5.91 Å². The van der Waals surface area contributed by atoms with Crippen LogP contribution in [0.25, 0.3) is 0 Å². The summed E-state index contributed by atoms with van der Waals surface area (Å²) in [5.74, 6) is 0.713. The highest BCUT2D eigenvalue weighted by Crippen LogP contribution is 2.14. The van der Waals surface area contributed by atoms with Crippen LogP contribution >= 0.6 is 0 Å². The topological polar surface area (TPSA) is 69.8 Å². The van der Waals surface area contributed by atoms with E-state index in [4.69, 9.17) is 0 Å². The van der Waals surface area contributed by atoms with Crippen LogP contribution in [0.5, 0.6) is 0 Å². The predicted molar refractivity (Wildman–Crippen MR) is 60.6 cm³/mol. The molecule has 88 valence electrons. The number of hydrogen-bond donors (Lipinski definition) is 3. The van der Waals surface area contributed by atoms with E-state index in [1.165, 1.54) is 0 Å². The van der Waals surface area contributed by atoms with Crippen LogP contribution in [0, 0.1) is 5.92 Å². The number of H-pyrrole nitrogens is 1. The fraction of sp³-hybridized carbons (Fsp3) is 0.636. The molecule has 1 saturated heterocycles. The normalized spacial score (nSPS) is 25.3. The van der Waals surface area contributed by atoms with Crippen molar-refractivity contribution in [2.75, 3.05) is 6.54 Å². The van der Waals surface area contributed by atoms with Gasteiger partial charge in [-0.15, -0.1) is 0 Å². The van der Waals surface area contributed by atoms with E-state index >= 15 is 0 Å². The first kappa shape index (κ1) is 11.1. The highest BCUT2D eigenvalue weighted by Gasteiger charge is 2.23. The Labute approximate surface area is 95.0 Å². The van der Waals surface area contributed by atoms with Crippen LogP contribution in [0.15, 0.2) is 12.3 Å². The van der Waals surface area contributed by atoms with Gasteiger partial charge in [-0.1, -0.05) is 6.92 Å². The Morgan fingerprint density at radius 2 is 2.56 bits per heavy atom. The van der Waals surface area contributed by atoms with E-state index in [1.807, 2.05) is 6.07 Å². The average molecular weight is 222 g/mol. The lowest BCUT2D eigenvalue weighted by molar-refractivity contribution is -0.124. The number of piperidine rings is 1. The van der Waals surface area contributed by atoms with Gasteiger partial charge in [-0.3, -0.25) is 9.89 Å². The van der Waals surface area contributed by atoms with Gasteiger partial charge in [0.15, 0.2) is 0 Å². The van der Waals surface area contributed by atoms with Crippen molar-refractivity contribution in [1.82, 2.24) is 20.8 Å². The molecule has 1 aliphatic heterocycles. The van der Waals surface area contributed by atoms with E-state index < -0.39 is 0 Å². The maximum absolute atomic E-state index is 11.8. The van der Waals surface area contributed by atoms with Crippen LogP contribution in [0.4, 0.5) is 0 Å². The second kappa shape index (κ2) is 5.12. The summed E-state index contributed by atoms with van der Waals surface area (Å²) < 4.78 is 0. The maximum Gasteiger partial charge on any atom is 0.237 e. The molecule has 1 amide bonds. The minimum atomic E-state index is -0.0355. The van der Waals surface area contributed by atoms with Gasteiger partial charge >= 0.3 is 0 Å². The number of nitrogens with zero attached hydrogens (tertiary/aromatic N) is 1. The third-order valence-electron chi connectivity index (χ3n) is 2.99. The number of rotatable bonds is 3. The second-order valence-corrected chi connectivity index (χ2v) is 4.44. The quantitative estimate of drug-likeness (QED) is 0.694. The van der Waals surface area contributed by atoms with Crippen LogP contribution in [0.3, 0.4) is 0 Å². The lowest BCUT2D eigenvalue weighted by atomic mass is 9.94. The summed E-state index contributed by atoms with van der Waals surface area (Å²) in [5, 5.41) is 12.8. The number of aromatic amines is 1. The molecule has 2 heterocycles.